The highest BCUT2D eigenvalue weighted by molar-refractivity contribution is 5.96. The van der Waals surface area contributed by atoms with Crippen molar-refractivity contribution < 1.29 is 9.53 Å². The van der Waals surface area contributed by atoms with Gasteiger partial charge in [-0.3, -0.25) is 0 Å². The Kier molecular flexibility index (Phi) is 7.09. The molecule has 0 aliphatic heterocycles. The summed E-state index contributed by atoms with van der Waals surface area (Å²) in [7, 11) is 4.06. The number of esters is 1. The van der Waals surface area contributed by atoms with E-state index in [1.54, 1.807) is 25.1 Å². The average Bonchev–Trinajstić information content (AvgIpc) is 2.60. The zero-order chi connectivity index (χ0) is 18.1. The van der Waals surface area contributed by atoms with E-state index in [1.165, 1.54) is 6.20 Å². The van der Waals surface area contributed by atoms with Crippen LogP contribution in [-0.4, -0.2) is 59.8 Å². The van der Waals surface area contributed by atoms with E-state index in [9.17, 15) is 4.79 Å². The normalized spacial score (nSPS) is 10.6. The van der Waals surface area contributed by atoms with Gasteiger partial charge in [-0.25, -0.2) is 4.79 Å². The van der Waals surface area contributed by atoms with Gasteiger partial charge in [0.1, 0.15) is 0 Å². The fourth-order valence-corrected chi connectivity index (χ4v) is 2.15. The lowest BCUT2D eigenvalue weighted by atomic mass is 10.2. The smallest absolute Gasteiger partial charge is 0.340 e. The molecule has 2 N–H and O–H groups in total. The Morgan fingerprint density at radius 3 is 2.84 bits per heavy atom. The molecule has 0 bridgehead atoms. The lowest BCUT2D eigenvalue weighted by Crippen LogP contribution is -2.17. The molecule has 0 aliphatic rings. The van der Waals surface area contributed by atoms with Crippen LogP contribution < -0.4 is 10.6 Å². The predicted octanol–water partition coefficient (Wildman–Crippen LogP) is 2.16. The van der Waals surface area contributed by atoms with E-state index in [1.807, 2.05) is 20.2 Å². The van der Waals surface area contributed by atoms with Gasteiger partial charge in [-0.1, -0.05) is 12.1 Å². The molecule has 0 saturated heterocycles. The Balaban J connectivity index is 2.03. The zero-order valence-electron chi connectivity index (χ0n) is 14.8. The molecule has 8 nitrogen and oxygen atoms in total. The molecule has 0 amide bonds. The Morgan fingerprint density at radius 2 is 2.08 bits per heavy atom. The molecule has 134 valence electrons. The van der Waals surface area contributed by atoms with E-state index in [0.717, 1.165) is 19.5 Å². The minimum Gasteiger partial charge on any atom is -0.462 e. The van der Waals surface area contributed by atoms with Gasteiger partial charge in [-0.15, -0.1) is 5.10 Å². The first-order valence-corrected chi connectivity index (χ1v) is 8.21. The van der Waals surface area contributed by atoms with Crippen molar-refractivity contribution in [1.29, 1.82) is 0 Å². The molecule has 1 aromatic carbocycles. The SMILES string of the molecule is CCOC(=O)c1ccccc1Nc1cnnc(NCCCN(C)C)n1. The second-order valence-electron chi connectivity index (χ2n) is 5.64. The number of nitrogens with zero attached hydrogens (tertiary/aromatic N) is 4. The zero-order valence-corrected chi connectivity index (χ0v) is 14.8. The summed E-state index contributed by atoms with van der Waals surface area (Å²) in [5.74, 6) is 0.564. The van der Waals surface area contributed by atoms with Crippen LogP contribution in [0.2, 0.25) is 0 Å². The highest BCUT2D eigenvalue weighted by Crippen LogP contribution is 2.20. The van der Waals surface area contributed by atoms with Crippen molar-refractivity contribution in [3.8, 4) is 0 Å². The molecule has 0 unspecified atom stereocenters. The van der Waals surface area contributed by atoms with E-state index >= 15 is 0 Å². The molecule has 0 fully saturated rings. The molecule has 25 heavy (non-hydrogen) atoms. The summed E-state index contributed by atoms with van der Waals surface area (Å²) >= 11 is 0. The Labute approximate surface area is 147 Å². The van der Waals surface area contributed by atoms with E-state index in [2.05, 4.69) is 30.7 Å². The van der Waals surface area contributed by atoms with Gasteiger partial charge in [-0.05, 0) is 46.1 Å². The van der Waals surface area contributed by atoms with Gasteiger partial charge in [0.15, 0.2) is 5.82 Å². The van der Waals surface area contributed by atoms with Crippen molar-refractivity contribution in [2.45, 2.75) is 13.3 Å². The second-order valence-corrected chi connectivity index (χ2v) is 5.64. The van der Waals surface area contributed by atoms with Crippen molar-refractivity contribution in [3.05, 3.63) is 36.0 Å². The highest BCUT2D eigenvalue weighted by atomic mass is 16.5. The third-order valence-corrected chi connectivity index (χ3v) is 3.31. The first-order chi connectivity index (χ1) is 12.1. The predicted molar refractivity (Wildman–Crippen MR) is 97.2 cm³/mol. The maximum absolute atomic E-state index is 12.0. The molecule has 2 rings (SSSR count). The van der Waals surface area contributed by atoms with Crippen LogP contribution in [-0.2, 0) is 4.74 Å². The van der Waals surface area contributed by atoms with Gasteiger partial charge in [0.2, 0.25) is 5.95 Å². The van der Waals surface area contributed by atoms with Crippen LogP contribution in [0.5, 0.6) is 0 Å². The number of hydrogen-bond donors (Lipinski definition) is 2. The van der Waals surface area contributed by atoms with Gasteiger partial charge >= 0.3 is 5.97 Å². The Bertz CT molecular complexity index is 692. The number of rotatable bonds is 9. The summed E-state index contributed by atoms with van der Waals surface area (Å²) in [5, 5.41) is 14.1. The monoisotopic (exact) mass is 344 g/mol. The molecule has 0 aliphatic carbocycles. The summed E-state index contributed by atoms with van der Waals surface area (Å²) in [6.07, 6.45) is 2.48. The van der Waals surface area contributed by atoms with Gasteiger partial charge in [0.25, 0.3) is 0 Å². The van der Waals surface area contributed by atoms with Crippen molar-refractivity contribution in [2.75, 3.05) is 44.4 Å². The minimum absolute atomic E-state index is 0.323. The fraction of sp³-hybridized carbons (Fsp3) is 0.412. The van der Waals surface area contributed by atoms with Crippen LogP contribution in [0.3, 0.4) is 0 Å². The summed E-state index contributed by atoms with van der Waals surface area (Å²) < 4.78 is 5.07. The molecule has 0 saturated carbocycles. The van der Waals surface area contributed by atoms with E-state index in [4.69, 9.17) is 4.74 Å². The number of carbonyl (C=O) groups is 1. The molecule has 2 aromatic rings. The number of hydrogen-bond acceptors (Lipinski definition) is 8. The van der Waals surface area contributed by atoms with Gasteiger partial charge < -0.3 is 20.3 Å². The lowest BCUT2D eigenvalue weighted by molar-refractivity contribution is 0.0527. The number of ether oxygens (including phenoxy) is 1. The number of anilines is 3. The average molecular weight is 344 g/mol. The number of carbonyl (C=O) groups excluding carboxylic acids is 1. The standard InChI is InChI=1S/C17H24N6O2/c1-4-25-16(24)13-8-5-6-9-14(13)20-15-12-19-22-17(21-15)18-10-7-11-23(2)3/h5-6,8-9,12H,4,7,10-11H2,1-3H3,(H2,18,20,21,22). The Hall–Kier alpha value is -2.74. The maximum atomic E-state index is 12.0. The van der Waals surface area contributed by atoms with Crippen molar-refractivity contribution in [3.63, 3.8) is 0 Å². The molecular formula is C17H24N6O2. The summed E-state index contributed by atoms with van der Waals surface area (Å²) in [5.41, 5.74) is 1.06. The summed E-state index contributed by atoms with van der Waals surface area (Å²) in [6, 6.07) is 7.11. The van der Waals surface area contributed by atoms with Crippen LogP contribution in [0.1, 0.15) is 23.7 Å². The lowest BCUT2D eigenvalue weighted by Gasteiger charge is -2.12. The number of aromatic nitrogens is 3. The second kappa shape index (κ2) is 9.53. The number of benzene rings is 1. The first-order valence-electron chi connectivity index (χ1n) is 8.21. The van der Waals surface area contributed by atoms with E-state index in [-0.39, 0.29) is 5.97 Å². The molecule has 0 radical (unpaired) electrons. The number of para-hydroxylation sites is 1. The first kappa shape index (κ1) is 18.6. The van der Waals surface area contributed by atoms with Crippen LogP contribution in [0.15, 0.2) is 30.5 Å². The van der Waals surface area contributed by atoms with Crippen LogP contribution >= 0.6 is 0 Å². The van der Waals surface area contributed by atoms with Crippen molar-refractivity contribution in [1.82, 2.24) is 20.1 Å². The van der Waals surface area contributed by atoms with Gasteiger partial charge in [0, 0.05) is 6.54 Å². The largest absolute Gasteiger partial charge is 0.462 e. The third kappa shape index (κ3) is 6.00. The fourth-order valence-electron chi connectivity index (χ4n) is 2.15. The van der Waals surface area contributed by atoms with Gasteiger partial charge in [-0.2, -0.15) is 10.1 Å². The molecule has 0 spiro atoms. The number of nitrogens with one attached hydrogen (secondary N) is 2. The van der Waals surface area contributed by atoms with Crippen LogP contribution in [0, 0.1) is 0 Å². The molecule has 0 atom stereocenters. The highest BCUT2D eigenvalue weighted by Gasteiger charge is 2.12. The van der Waals surface area contributed by atoms with Crippen molar-refractivity contribution in [2.24, 2.45) is 0 Å². The quantitative estimate of drug-likeness (QED) is 0.528. The van der Waals surface area contributed by atoms with Crippen LogP contribution in [0.25, 0.3) is 0 Å². The maximum Gasteiger partial charge on any atom is 0.340 e. The van der Waals surface area contributed by atoms with Crippen molar-refractivity contribution >= 4 is 23.4 Å². The minimum atomic E-state index is -0.380. The van der Waals surface area contributed by atoms with E-state index in [0.29, 0.717) is 29.6 Å². The third-order valence-electron chi connectivity index (χ3n) is 3.31. The van der Waals surface area contributed by atoms with Gasteiger partial charge in [0.05, 0.1) is 24.1 Å². The van der Waals surface area contributed by atoms with Crippen LogP contribution in [0.4, 0.5) is 17.5 Å². The molecule has 8 heteroatoms. The Morgan fingerprint density at radius 1 is 1.28 bits per heavy atom. The van der Waals surface area contributed by atoms with E-state index < -0.39 is 0 Å². The molecule has 1 heterocycles. The molecule has 1 aromatic heterocycles. The molecular weight excluding hydrogens is 320 g/mol. The summed E-state index contributed by atoms with van der Waals surface area (Å²) in [6.45, 7) is 3.83. The summed E-state index contributed by atoms with van der Waals surface area (Å²) in [4.78, 5) is 18.5. The topological polar surface area (TPSA) is 92.3 Å².